The Morgan fingerprint density at radius 1 is 1.10 bits per heavy atom. The third kappa shape index (κ3) is 5.80. The molecular weight excluding hydrogens is 209 g/mol. The van der Waals surface area contributed by atoms with Crippen LogP contribution >= 0.6 is 33.2 Å². The van der Waals surface area contributed by atoms with Crippen molar-refractivity contribution in [2.24, 2.45) is 0 Å². The summed E-state index contributed by atoms with van der Waals surface area (Å²) in [5.74, 6) is 0. The molecule has 0 aliphatic heterocycles. The molecule has 0 aliphatic rings. The van der Waals surface area contributed by atoms with E-state index in [0.29, 0.717) is 6.17 Å². The Kier molecular flexibility index (Phi) is 5.34. The first-order chi connectivity index (χ1) is 4.49. The van der Waals surface area contributed by atoms with Gasteiger partial charge in [-0.15, -0.1) is 33.2 Å². The highest BCUT2D eigenvalue weighted by Gasteiger charge is 2.26. The van der Waals surface area contributed by atoms with E-state index in [-0.39, 0.29) is 0 Å². The summed E-state index contributed by atoms with van der Waals surface area (Å²) >= 11 is 17.1. The monoisotopic (exact) mass is 219 g/mol. The van der Waals surface area contributed by atoms with Crippen molar-refractivity contribution in [3.8, 4) is 0 Å². The maximum Gasteiger partial charge on any atom is 0.354 e. The Morgan fingerprint density at radius 2 is 1.50 bits per heavy atom. The van der Waals surface area contributed by atoms with Crippen LogP contribution in [0.5, 0.6) is 0 Å². The highest BCUT2D eigenvalue weighted by atomic mass is 35.8. The van der Waals surface area contributed by atoms with Crippen LogP contribution in [0.15, 0.2) is 0 Å². The van der Waals surface area contributed by atoms with Gasteiger partial charge in [0.1, 0.15) is 0 Å². The Morgan fingerprint density at radius 3 is 1.60 bits per heavy atom. The smallest absolute Gasteiger partial charge is 0.303 e. The van der Waals surface area contributed by atoms with Crippen LogP contribution in [0.3, 0.4) is 0 Å². The van der Waals surface area contributed by atoms with Crippen LogP contribution in [0.1, 0.15) is 13.8 Å². The normalized spacial score (nSPS) is 12.6. The molecule has 0 radical (unpaired) electrons. The summed E-state index contributed by atoms with van der Waals surface area (Å²) in [5.41, 5.74) is 0. The Labute approximate surface area is 77.4 Å². The summed E-state index contributed by atoms with van der Waals surface area (Å²) in [6, 6.07) is -2.42. The average molecular weight is 221 g/mol. The molecule has 0 atom stereocenters. The molecule has 0 saturated carbocycles. The molecule has 0 aromatic carbocycles. The number of hydrogen-bond acceptors (Lipinski definition) is 1. The van der Waals surface area contributed by atoms with Crippen molar-refractivity contribution in [2.75, 3.05) is 19.3 Å². The molecule has 62 valence electrons. The number of hydrogen-bond donors (Lipinski definition) is 0. The molecule has 0 aromatic heterocycles. The Balaban J connectivity index is 3.63. The zero-order chi connectivity index (χ0) is 8.20. The second-order valence-electron chi connectivity index (χ2n) is 2.08. The van der Waals surface area contributed by atoms with E-state index in [1.165, 1.54) is 0 Å². The van der Waals surface area contributed by atoms with Gasteiger partial charge in [-0.25, -0.2) is 0 Å². The van der Waals surface area contributed by atoms with E-state index in [0.717, 1.165) is 13.1 Å². The molecule has 0 aliphatic carbocycles. The summed E-state index contributed by atoms with van der Waals surface area (Å²) in [6.45, 7) is 6.04. The second-order valence-corrected chi connectivity index (χ2v) is 11.2. The molecule has 0 aromatic rings. The van der Waals surface area contributed by atoms with E-state index in [2.05, 4.69) is 18.7 Å². The molecule has 5 heteroatoms. The van der Waals surface area contributed by atoms with Gasteiger partial charge in [0.2, 0.25) is 0 Å². The molecule has 10 heavy (non-hydrogen) atoms. The van der Waals surface area contributed by atoms with Gasteiger partial charge >= 0.3 is 6.00 Å². The first kappa shape index (κ1) is 11.0. The topological polar surface area (TPSA) is 3.24 Å². The van der Waals surface area contributed by atoms with Crippen LogP contribution in [0, 0.1) is 0 Å². The lowest BCUT2D eigenvalue weighted by Gasteiger charge is -2.20. The first-order valence-corrected chi connectivity index (χ1v) is 8.53. The van der Waals surface area contributed by atoms with Crippen molar-refractivity contribution in [3.63, 3.8) is 0 Å². The average Bonchev–Trinajstić information content (AvgIpc) is 1.81. The Hall–Kier alpha value is 1.05. The molecule has 0 heterocycles. The van der Waals surface area contributed by atoms with Crippen molar-refractivity contribution in [1.29, 1.82) is 0 Å². The second kappa shape index (κ2) is 4.83. The van der Waals surface area contributed by atoms with Crippen molar-refractivity contribution >= 4 is 39.2 Å². The molecule has 0 unspecified atom stereocenters. The van der Waals surface area contributed by atoms with Crippen LogP contribution in [-0.4, -0.2) is 30.2 Å². The van der Waals surface area contributed by atoms with Crippen LogP contribution in [0.25, 0.3) is 0 Å². The van der Waals surface area contributed by atoms with E-state index in [9.17, 15) is 0 Å². The third-order valence-electron chi connectivity index (χ3n) is 1.30. The standard InChI is InChI=1S/C5H12Cl3NSi/c1-3-9(4-2)5-10(6,7)8/h3-5H2,1-2H3. The summed E-state index contributed by atoms with van der Waals surface area (Å²) < 4.78 is 0. The highest BCUT2D eigenvalue weighted by Crippen LogP contribution is 2.20. The lowest BCUT2D eigenvalue weighted by molar-refractivity contribution is 0.352. The van der Waals surface area contributed by atoms with Crippen LogP contribution < -0.4 is 0 Å². The fourth-order valence-electron chi connectivity index (χ4n) is 0.701. The number of halogens is 3. The van der Waals surface area contributed by atoms with Crippen LogP contribution in [0.2, 0.25) is 0 Å². The zero-order valence-corrected chi connectivity index (χ0v) is 9.47. The van der Waals surface area contributed by atoms with E-state index in [1.54, 1.807) is 0 Å². The summed E-state index contributed by atoms with van der Waals surface area (Å²) in [4.78, 5) is 2.12. The van der Waals surface area contributed by atoms with Crippen molar-refractivity contribution < 1.29 is 0 Å². The van der Waals surface area contributed by atoms with Gasteiger partial charge in [0.15, 0.2) is 0 Å². The minimum Gasteiger partial charge on any atom is -0.303 e. The minimum atomic E-state index is -2.42. The predicted molar refractivity (Wildman–Crippen MR) is 51.1 cm³/mol. The van der Waals surface area contributed by atoms with Crippen LogP contribution in [0.4, 0.5) is 0 Å². The molecular formula is C5H12Cl3NSi. The van der Waals surface area contributed by atoms with Gasteiger partial charge in [-0.05, 0) is 13.1 Å². The molecule has 0 bridgehead atoms. The SMILES string of the molecule is CCN(CC)C[Si](Cl)(Cl)Cl. The van der Waals surface area contributed by atoms with Gasteiger partial charge in [-0.3, -0.25) is 0 Å². The molecule has 1 nitrogen and oxygen atoms in total. The summed E-state index contributed by atoms with van der Waals surface area (Å²) in [6.07, 6.45) is 0.644. The maximum atomic E-state index is 5.71. The largest absolute Gasteiger partial charge is 0.354 e. The summed E-state index contributed by atoms with van der Waals surface area (Å²) in [5, 5.41) is 0. The van der Waals surface area contributed by atoms with Gasteiger partial charge in [0, 0.05) is 6.17 Å². The van der Waals surface area contributed by atoms with Gasteiger partial charge in [-0.1, -0.05) is 13.8 Å². The summed E-state index contributed by atoms with van der Waals surface area (Å²) in [7, 11) is 0. The fourth-order valence-corrected chi connectivity index (χ4v) is 3.18. The minimum absolute atomic E-state index is 0.644. The molecule has 0 spiro atoms. The van der Waals surface area contributed by atoms with Crippen LogP contribution in [-0.2, 0) is 0 Å². The van der Waals surface area contributed by atoms with Crippen molar-refractivity contribution in [3.05, 3.63) is 0 Å². The van der Waals surface area contributed by atoms with E-state index < -0.39 is 6.00 Å². The molecule has 0 fully saturated rings. The van der Waals surface area contributed by atoms with Gasteiger partial charge in [0.05, 0.1) is 0 Å². The molecule has 0 saturated heterocycles. The molecule has 0 N–H and O–H groups in total. The maximum absolute atomic E-state index is 5.71. The quantitative estimate of drug-likeness (QED) is 0.520. The van der Waals surface area contributed by atoms with E-state index in [1.807, 2.05) is 0 Å². The first-order valence-electron chi connectivity index (χ1n) is 3.28. The zero-order valence-electron chi connectivity index (χ0n) is 6.20. The molecule has 0 rings (SSSR count). The predicted octanol–water partition coefficient (Wildman–Crippen LogP) is 2.52. The van der Waals surface area contributed by atoms with Gasteiger partial charge in [-0.2, -0.15) is 0 Å². The number of rotatable bonds is 4. The fraction of sp³-hybridized carbons (Fsp3) is 1.00. The van der Waals surface area contributed by atoms with Crippen molar-refractivity contribution in [1.82, 2.24) is 4.90 Å². The van der Waals surface area contributed by atoms with Crippen molar-refractivity contribution in [2.45, 2.75) is 13.8 Å². The van der Waals surface area contributed by atoms with Gasteiger partial charge < -0.3 is 4.90 Å². The highest BCUT2D eigenvalue weighted by molar-refractivity contribution is 7.64. The Bertz CT molecular complexity index is 89.4. The van der Waals surface area contributed by atoms with E-state index in [4.69, 9.17) is 33.2 Å². The number of nitrogens with zero attached hydrogens (tertiary/aromatic N) is 1. The lowest BCUT2D eigenvalue weighted by Crippen LogP contribution is -2.35. The third-order valence-corrected chi connectivity index (χ3v) is 3.18. The lowest BCUT2D eigenvalue weighted by atomic mass is 10.6. The van der Waals surface area contributed by atoms with E-state index >= 15 is 0 Å². The molecule has 0 amide bonds. The van der Waals surface area contributed by atoms with Gasteiger partial charge in [0.25, 0.3) is 0 Å².